The lowest BCUT2D eigenvalue weighted by Crippen LogP contribution is -2.27. The molecule has 0 unspecified atom stereocenters. The Morgan fingerprint density at radius 2 is 1.20 bits per heavy atom. The van der Waals surface area contributed by atoms with Crippen molar-refractivity contribution in [1.29, 1.82) is 5.26 Å². The fourth-order valence-corrected chi connectivity index (χ4v) is 12.3. The third kappa shape index (κ3) is 4.30. The summed E-state index contributed by atoms with van der Waals surface area (Å²) in [5, 5.41) is 9.41. The molecule has 6 aromatic rings. The number of nitrogens with zero attached hydrogens (tertiary/aromatic N) is 3. The van der Waals surface area contributed by atoms with Gasteiger partial charge in [0.15, 0.2) is 40.3 Å². The molecule has 0 N–H and O–H groups in total. The Morgan fingerprint density at radius 1 is 0.706 bits per heavy atom. The highest BCUT2D eigenvalue weighted by atomic mass is 32.1. The van der Waals surface area contributed by atoms with Gasteiger partial charge in [-0.25, -0.2) is 0 Å². The summed E-state index contributed by atoms with van der Waals surface area (Å²) in [6.07, 6.45) is 3.24. The van der Waals surface area contributed by atoms with Crippen molar-refractivity contribution in [2.24, 2.45) is 0 Å². The second kappa shape index (κ2) is 10.6. The minimum Gasteiger partial charge on any atom is -0.480 e. The van der Waals surface area contributed by atoms with Gasteiger partial charge in [0, 0.05) is 42.3 Å². The number of hydrogen-bond donors (Lipinski definition) is 0. The van der Waals surface area contributed by atoms with Crippen molar-refractivity contribution in [2.75, 3.05) is 0 Å². The number of hydrogen-bond acceptors (Lipinski definition) is 10. The van der Waals surface area contributed by atoms with E-state index in [9.17, 15) is 24.4 Å². The number of ether oxygens (including phenoxy) is 1. The molecule has 0 bridgehead atoms. The fourth-order valence-electron chi connectivity index (χ4n) is 6.86. The molecule has 0 amide bonds. The first-order valence-corrected chi connectivity index (χ1v) is 18.6. The van der Waals surface area contributed by atoms with Gasteiger partial charge in [0.05, 0.1) is 59.8 Å². The van der Waals surface area contributed by atoms with E-state index in [2.05, 4.69) is 15.8 Å². The van der Waals surface area contributed by atoms with Crippen LogP contribution in [0.25, 0.3) is 50.4 Å². The van der Waals surface area contributed by atoms with Crippen molar-refractivity contribution in [2.45, 2.75) is 26.4 Å². The molecule has 1 aliphatic heterocycles. The van der Waals surface area contributed by atoms with Crippen LogP contribution in [0, 0.1) is 31.4 Å². The van der Waals surface area contributed by atoms with E-state index < -0.39 is 17.2 Å². The quantitative estimate of drug-likeness (QED) is 0.0994. The van der Waals surface area contributed by atoms with E-state index in [1.165, 1.54) is 40.9 Å². The predicted octanol–water partition coefficient (Wildman–Crippen LogP) is 10.7. The topological polar surface area (TPSA) is 110 Å². The summed E-state index contributed by atoms with van der Waals surface area (Å²) in [6, 6.07) is 11.8. The first-order valence-electron chi connectivity index (χ1n) is 15.3. The summed E-state index contributed by atoms with van der Waals surface area (Å²) in [5.74, 6) is -0.863. The maximum Gasteiger partial charge on any atom is 0.197 e. The lowest BCUT2D eigenvalue weighted by Gasteiger charge is -2.31. The van der Waals surface area contributed by atoms with Crippen molar-refractivity contribution < 1.29 is 23.9 Å². The lowest BCUT2D eigenvalue weighted by atomic mass is 9.95. The van der Waals surface area contributed by atoms with Crippen LogP contribution < -0.4 is 4.74 Å². The van der Waals surface area contributed by atoms with Gasteiger partial charge in [0.2, 0.25) is 0 Å². The molecule has 0 radical (unpaired) electrons. The molecule has 0 fully saturated rings. The molecule has 242 valence electrons. The average Bonchev–Trinajstić information content (AvgIpc) is 3.92. The van der Waals surface area contributed by atoms with Gasteiger partial charge < -0.3 is 4.74 Å². The predicted molar refractivity (Wildman–Crippen MR) is 200 cm³/mol. The number of rotatable bonds is 2. The molecule has 5 heterocycles. The Hall–Kier alpha value is -5.81. The first kappa shape index (κ1) is 31.2. The van der Waals surface area contributed by atoms with Gasteiger partial charge in [0.1, 0.15) is 5.60 Å². The van der Waals surface area contributed by atoms with Crippen LogP contribution in [0.2, 0.25) is 0 Å². The largest absolute Gasteiger partial charge is 0.480 e. The molecule has 0 atom stereocenters. The highest BCUT2D eigenvalue weighted by Crippen LogP contribution is 2.60. The monoisotopic (exact) mass is 735 g/mol. The zero-order valence-electron chi connectivity index (χ0n) is 26.6. The number of Topliss-reactive ketones (excluding diaryl/α,β-unsaturated/α-hetero) is 4. The number of carbonyl (C=O) groups excluding carboxylic acids is 4. The third-order valence-corrected chi connectivity index (χ3v) is 14.1. The van der Waals surface area contributed by atoms with Crippen LogP contribution >= 0.6 is 45.3 Å². The second-order valence-electron chi connectivity index (χ2n) is 12.7. The number of allylic oxidation sites excluding steroid dienone is 2. The summed E-state index contributed by atoms with van der Waals surface area (Å²) >= 11 is 6.15. The van der Waals surface area contributed by atoms with Gasteiger partial charge in [-0.3, -0.25) is 28.9 Å². The van der Waals surface area contributed by atoms with Crippen molar-refractivity contribution in [1.82, 2.24) is 0 Å². The highest BCUT2D eigenvalue weighted by molar-refractivity contribution is 7.35. The first-order chi connectivity index (χ1) is 24.4. The van der Waals surface area contributed by atoms with Gasteiger partial charge in [-0.2, -0.15) is 5.26 Å². The summed E-state index contributed by atoms with van der Waals surface area (Å²) in [5.41, 5.74) is 2.42. The second-order valence-corrected chi connectivity index (χ2v) is 17.0. The van der Waals surface area contributed by atoms with Crippen molar-refractivity contribution in [3.05, 3.63) is 119 Å². The standard InChI is InChI=1S/C39H17N3O5S4/c1-15-6-19-20(7-16(15)14-40)31(44)23(30(19)43)9-18-11-28-36(49-18)34-38(51-28)37-29(39(2,3)47-34)35-27(50-37)10-17(48-35)8-24-32(45)21-12-25(41-4)26(42-5)13-22(21)33(24)46/h6-13H,1-3H3/b23-9+. The Bertz CT molecular complexity index is 2880. The molecule has 0 saturated heterocycles. The normalized spacial score (nSPS) is 16.2. The Balaban J connectivity index is 1.07. The number of ketones is 4. The molecule has 8 nitrogen and oxygen atoms in total. The number of benzene rings is 2. The molecular weight excluding hydrogens is 719 g/mol. The molecule has 3 aliphatic rings. The summed E-state index contributed by atoms with van der Waals surface area (Å²) < 4.78 is 10.6. The van der Waals surface area contributed by atoms with Crippen LogP contribution in [0.15, 0.2) is 47.5 Å². The summed E-state index contributed by atoms with van der Waals surface area (Å²) in [7, 11) is 0. The zero-order valence-corrected chi connectivity index (χ0v) is 29.9. The van der Waals surface area contributed by atoms with Crippen LogP contribution in [0.5, 0.6) is 5.75 Å². The van der Waals surface area contributed by atoms with E-state index in [4.69, 9.17) is 17.9 Å². The van der Waals surface area contributed by atoms with Crippen molar-refractivity contribution >= 4 is 111 Å². The van der Waals surface area contributed by atoms with Crippen LogP contribution in [0.4, 0.5) is 11.4 Å². The average molecular weight is 736 g/mol. The Labute approximate surface area is 305 Å². The molecule has 2 aromatic carbocycles. The smallest absolute Gasteiger partial charge is 0.197 e. The van der Waals surface area contributed by atoms with Gasteiger partial charge in [0.25, 0.3) is 0 Å². The van der Waals surface area contributed by atoms with E-state index in [0.717, 1.165) is 49.6 Å². The van der Waals surface area contributed by atoms with Gasteiger partial charge >= 0.3 is 0 Å². The Morgan fingerprint density at radius 3 is 1.75 bits per heavy atom. The minimum atomic E-state index is -0.719. The van der Waals surface area contributed by atoms with Gasteiger partial charge in [-0.15, -0.1) is 45.3 Å². The van der Waals surface area contributed by atoms with E-state index >= 15 is 0 Å². The van der Waals surface area contributed by atoms with E-state index in [1.54, 1.807) is 47.8 Å². The Kier molecular flexibility index (Phi) is 6.48. The van der Waals surface area contributed by atoms with E-state index in [0.29, 0.717) is 16.7 Å². The van der Waals surface area contributed by atoms with Crippen LogP contribution in [-0.4, -0.2) is 23.1 Å². The van der Waals surface area contributed by atoms with Crippen LogP contribution in [0.1, 0.15) is 81.7 Å². The number of fused-ring (bicyclic) bond motifs is 9. The highest BCUT2D eigenvalue weighted by Gasteiger charge is 2.41. The molecule has 2 aliphatic carbocycles. The van der Waals surface area contributed by atoms with Crippen LogP contribution in [-0.2, 0) is 5.60 Å². The molecule has 0 spiro atoms. The van der Waals surface area contributed by atoms with E-state index in [1.807, 2.05) is 26.0 Å². The zero-order chi connectivity index (χ0) is 35.7. The number of nitriles is 1. The molecule has 0 saturated carbocycles. The maximum absolute atomic E-state index is 13.3. The van der Waals surface area contributed by atoms with Crippen molar-refractivity contribution in [3.63, 3.8) is 0 Å². The van der Waals surface area contributed by atoms with Crippen LogP contribution in [0.3, 0.4) is 0 Å². The number of carbonyl (C=O) groups is 4. The SMILES string of the molecule is [C-]#[N+]c1cc2c(cc1[N+]#[C-])C(=O)C(=Cc1cc3sc4c(c3s1)C(C)(C)Oc1c-4sc3cc(/C=C4\C(=O)c5cc(C)c(C#N)cc5C4=O)sc13)C2=O. The number of thiophene rings is 4. The number of aryl methyl sites for hydroxylation is 1. The van der Waals surface area contributed by atoms with Gasteiger partial charge in [-0.1, -0.05) is 12.1 Å². The lowest BCUT2D eigenvalue weighted by molar-refractivity contribution is 0.0975. The fraction of sp³-hybridized carbons (Fsp3) is 0.103. The molecule has 9 rings (SSSR count). The minimum absolute atomic E-state index is 0.0137. The summed E-state index contributed by atoms with van der Waals surface area (Å²) in [6.45, 7) is 20.5. The van der Waals surface area contributed by atoms with E-state index in [-0.39, 0.29) is 50.8 Å². The molecule has 4 aromatic heterocycles. The summed E-state index contributed by atoms with van der Waals surface area (Å²) in [4.78, 5) is 63.3. The third-order valence-electron chi connectivity index (χ3n) is 9.26. The maximum atomic E-state index is 13.3. The van der Waals surface area contributed by atoms with Crippen molar-refractivity contribution in [3.8, 4) is 21.6 Å². The van der Waals surface area contributed by atoms with Gasteiger partial charge in [-0.05, 0) is 62.8 Å². The molecule has 12 heteroatoms. The molecular formula is C39H17N3O5S4. The molecule has 51 heavy (non-hydrogen) atoms.